The Hall–Kier alpha value is -1.69. The van der Waals surface area contributed by atoms with Crippen LogP contribution in [0.5, 0.6) is 0 Å². The molecule has 0 amide bonds. The maximum atomic E-state index is 12.1. The Balaban J connectivity index is 2.79. The van der Waals surface area contributed by atoms with E-state index in [0.717, 1.165) is 0 Å². The molecular formula is C13H18N2O4SSi. The fourth-order valence-electron chi connectivity index (χ4n) is 1.49. The molecule has 0 aliphatic carbocycles. The van der Waals surface area contributed by atoms with Gasteiger partial charge in [0, 0.05) is 19.0 Å². The predicted molar refractivity (Wildman–Crippen MR) is 84.0 cm³/mol. The van der Waals surface area contributed by atoms with Crippen LogP contribution < -0.4 is 4.72 Å². The first-order valence-corrected chi connectivity index (χ1v) is 11.3. The molecule has 114 valence electrons. The zero-order valence-corrected chi connectivity index (χ0v) is 14.0. The molecule has 0 atom stereocenters. The summed E-state index contributed by atoms with van der Waals surface area (Å²) >= 11 is 0. The summed E-state index contributed by atoms with van der Waals surface area (Å²) in [7, 11) is -5.37. The molecule has 1 N–H and O–H groups in total. The number of nitrogens with zero attached hydrogens (tertiary/aromatic N) is 1. The van der Waals surface area contributed by atoms with Crippen molar-refractivity contribution >= 4 is 23.8 Å². The zero-order chi connectivity index (χ0) is 16.1. The van der Waals surface area contributed by atoms with Crippen molar-refractivity contribution in [2.45, 2.75) is 31.0 Å². The van der Waals surface area contributed by atoms with Gasteiger partial charge in [0.25, 0.3) is 5.69 Å². The number of benzene rings is 1. The summed E-state index contributed by atoms with van der Waals surface area (Å²) in [6.07, 6.45) is 0.379. The van der Waals surface area contributed by atoms with E-state index in [2.05, 4.69) is 35.8 Å². The molecule has 0 saturated heterocycles. The van der Waals surface area contributed by atoms with Crippen LogP contribution in [0.3, 0.4) is 0 Å². The second-order valence-electron chi connectivity index (χ2n) is 5.42. The third kappa shape index (κ3) is 5.67. The highest BCUT2D eigenvalue weighted by molar-refractivity contribution is 7.89. The Morgan fingerprint density at radius 1 is 1.29 bits per heavy atom. The Bertz CT molecular complexity index is 684. The number of nitro benzene ring substituents is 1. The minimum Gasteiger partial charge on any atom is -0.258 e. The summed E-state index contributed by atoms with van der Waals surface area (Å²) in [6.45, 7) is 6.42. The largest absolute Gasteiger partial charge is 0.289 e. The van der Waals surface area contributed by atoms with Crippen molar-refractivity contribution in [2.24, 2.45) is 0 Å². The van der Waals surface area contributed by atoms with Crippen molar-refractivity contribution in [3.05, 3.63) is 34.4 Å². The number of nitrogens with one attached hydrogen (secondary N) is 1. The normalized spacial score (nSPS) is 11.6. The van der Waals surface area contributed by atoms with E-state index in [1.807, 2.05) is 0 Å². The van der Waals surface area contributed by atoms with E-state index in [-0.39, 0.29) is 11.4 Å². The van der Waals surface area contributed by atoms with E-state index < -0.39 is 28.7 Å². The smallest absolute Gasteiger partial charge is 0.258 e. The van der Waals surface area contributed by atoms with Gasteiger partial charge in [-0.2, -0.15) is 0 Å². The van der Waals surface area contributed by atoms with Gasteiger partial charge in [-0.3, -0.25) is 10.1 Å². The average Bonchev–Trinajstić information content (AvgIpc) is 2.36. The Morgan fingerprint density at radius 2 is 1.90 bits per heavy atom. The van der Waals surface area contributed by atoms with Crippen LogP contribution in [0.25, 0.3) is 0 Å². The first-order chi connectivity index (χ1) is 9.63. The van der Waals surface area contributed by atoms with Gasteiger partial charge in [-0.05, 0) is 6.07 Å². The van der Waals surface area contributed by atoms with E-state index in [1.165, 1.54) is 24.3 Å². The molecule has 6 nitrogen and oxygen atoms in total. The lowest BCUT2D eigenvalue weighted by Gasteiger charge is -2.06. The molecule has 1 rings (SSSR count). The van der Waals surface area contributed by atoms with Crippen molar-refractivity contribution < 1.29 is 13.3 Å². The van der Waals surface area contributed by atoms with Gasteiger partial charge in [0.05, 0.1) is 4.92 Å². The van der Waals surface area contributed by atoms with E-state index in [1.54, 1.807) is 0 Å². The van der Waals surface area contributed by atoms with Gasteiger partial charge in [0.15, 0.2) is 4.90 Å². The van der Waals surface area contributed by atoms with Crippen molar-refractivity contribution in [3.8, 4) is 11.5 Å². The lowest BCUT2D eigenvalue weighted by atomic mass is 10.3. The van der Waals surface area contributed by atoms with Gasteiger partial charge in [-0.25, -0.2) is 13.1 Å². The SMILES string of the molecule is C[Si](C)(C)C#CCCNS(=O)(=O)c1ccccc1[N+](=O)[O-]. The van der Waals surface area contributed by atoms with Gasteiger partial charge >= 0.3 is 0 Å². The molecule has 0 saturated carbocycles. The lowest BCUT2D eigenvalue weighted by Crippen LogP contribution is -2.25. The molecule has 0 aliphatic rings. The Morgan fingerprint density at radius 3 is 2.48 bits per heavy atom. The highest BCUT2D eigenvalue weighted by atomic mass is 32.2. The summed E-state index contributed by atoms with van der Waals surface area (Å²) < 4.78 is 26.5. The van der Waals surface area contributed by atoms with E-state index in [0.29, 0.717) is 6.42 Å². The molecule has 8 heteroatoms. The summed E-state index contributed by atoms with van der Waals surface area (Å²) in [6, 6.07) is 5.26. The fraction of sp³-hybridized carbons (Fsp3) is 0.385. The van der Waals surface area contributed by atoms with Crippen LogP contribution in [0.1, 0.15) is 6.42 Å². The highest BCUT2D eigenvalue weighted by Gasteiger charge is 2.24. The third-order valence-corrected chi connectivity index (χ3v) is 4.79. The van der Waals surface area contributed by atoms with E-state index in [4.69, 9.17) is 0 Å². The number of sulfonamides is 1. The van der Waals surface area contributed by atoms with Gasteiger partial charge in [0.1, 0.15) is 8.07 Å². The summed E-state index contributed by atoms with van der Waals surface area (Å²) in [4.78, 5) is 9.82. The summed E-state index contributed by atoms with van der Waals surface area (Å²) in [5.41, 5.74) is 2.69. The van der Waals surface area contributed by atoms with Crippen LogP contribution in [0.2, 0.25) is 19.6 Å². The maximum Gasteiger partial charge on any atom is 0.289 e. The Kier molecular flexibility index (Phi) is 5.66. The predicted octanol–water partition coefficient (Wildman–Crippen LogP) is 2.14. The van der Waals surface area contributed by atoms with Crippen molar-refractivity contribution in [1.82, 2.24) is 4.72 Å². The first kappa shape index (κ1) is 17.4. The number of hydrogen-bond donors (Lipinski definition) is 1. The Labute approximate surface area is 125 Å². The van der Waals surface area contributed by atoms with Crippen molar-refractivity contribution in [3.63, 3.8) is 0 Å². The molecule has 0 unspecified atom stereocenters. The average molecular weight is 326 g/mol. The van der Waals surface area contributed by atoms with E-state index in [9.17, 15) is 18.5 Å². The number of hydrogen-bond acceptors (Lipinski definition) is 4. The molecule has 0 aromatic heterocycles. The minimum atomic E-state index is -3.90. The van der Waals surface area contributed by atoms with E-state index >= 15 is 0 Å². The molecule has 1 aromatic carbocycles. The van der Waals surface area contributed by atoms with Crippen LogP contribution in [0, 0.1) is 21.6 Å². The standard InChI is InChI=1S/C13H18N2O4SSi/c1-21(2,3)11-7-6-10-14-20(18,19)13-9-5-4-8-12(13)15(16)17/h4-5,8-9,14H,6,10H2,1-3H3. The maximum absolute atomic E-state index is 12.1. The van der Waals surface area contributed by atoms with Gasteiger partial charge in [-0.15, -0.1) is 11.5 Å². The van der Waals surface area contributed by atoms with Gasteiger partial charge < -0.3 is 0 Å². The van der Waals surface area contributed by atoms with Crippen LogP contribution >= 0.6 is 0 Å². The third-order valence-electron chi connectivity index (χ3n) is 2.36. The second kappa shape index (κ2) is 6.84. The van der Waals surface area contributed by atoms with Crippen LogP contribution in [-0.2, 0) is 10.0 Å². The first-order valence-electron chi connectivity index (χ1n) is 6.36. The molecular weight excluding hydrogens is 308 g/mol. The number of rotatable bonds is 5. The van der Waals surface area contributed by atoms with Crippen molar-refractivity contribution in [2.75, 3.05) is 6.54 Å². The van der Waals surface area contributed by atoms with Gasteiger partial charge in [0.2, 0.25) is 10.0 Å². The molecule has 0 radical (unpaired) electrons. The minimum absolute atomic E-state index is 0.131. The zero-order valence-electron chi connectivity index (χ0n) is 12.2. The number of nitro groups is 1. The lowest BCUT2D eigenvalue weighted by molar-refractivity contribution is -0.387. The molecule has 0 aliphatic heterocycles. The molecule has 0 heterocycles. The van der Waals surface area contributed by atoms with Crippen LogP contribution in [0.4, 0.5) is 5.69 Å². The monoisotopic (exact) mass is 326 g/mol. The molecule has 0 spiro atoms. The van der Waals surface area contributed by atoms with Crippen LogP contribution in [-0.4, -0.2) is 28.0 Å². The van der Waals surface area contributed by atoms with Gasteiger partial charge in [-0.1, -0.05) is 31.8 Å². The van der Waals surface area contributed by atoms with Crippen molar-refractivity contribution in [1.29, 1.82) is 0 Å². The van der Waals surface area contributed by atoms with Crippen LogP contribution in [0.15, 0.2) is 29.2 Å². The molecule has 21 heavy (non-hydrogen) atoms. The quantitative estimate of drug-likeness (QED) is 0.295. The molecule has 0 fully saturated rings. The second-order valence-corrected chi connectivity index (χ2v) is 11.9. The summed E-state index contributed by atoms with van der Waals surface area (Å²) in [5, 5.41) is 10.9. The summed E-state index contributed by atoms with van der Waals surface area (Å²) in [5.74, 6) is 2.94. The molecule has 1 aromatic rings. The number of para-hydroxylation sites is 1. The topological polar surface area (TPSA) is 89.3 Å². The fourth-order valence-corrected chi connectivity index (χ4v) is 3.35. The molecule has 0 bridgehead atoms. The highest BCUT2D eigenvalue weighted by Crippen LogP contribution is 2.22.